The fourth-order valence-electron chi connectivity index (χ4n) is 2.33. The second kappa shape index (κ2) is 9.59. The van der Waals surface area contributed by atoms with Gasteiger partial charge in [0.1, 0.15) is 24.9 Å². The number of hydrogen-bond acceptors (Lipinski definition) is 10. The molecule has 0 amide bonds. The van der Waals surface area contributed by atoms with E-state index < -0.39 is 54.5 Å². The summed E-state index contributed by atoms with van der Waals surface area (Å²) in [6, 6.07) is -1.29. The minimum Gasteiger partial charge on any atom is -0.463 e. The minimum atomic E-state index is -1.46. The molecule has 0 aromatic rings. The molecule has 0 aliphatic carbocycles. The molecule has 1 heterocycles. The molecule has 0 aromatic heterocycles. The number of esters is 4. The third kappa shape index (κ3) is 6.22. The molecule has 5 atom stereocenters. The van der Waals surface area contributed by atoms with Crippen LogP contribution in [0.4, 0.5) is 0 Å². The Morgan fingerprint density at radius 3 is 1.92 bits per heavy atom. The SMILES string of the molecule is CC(=O)OCC1O[C@@H](OC(C)=O)C(OC(C)=O)[C@H](N=[N+]=[N-])[C@H]1OC(C)=O. The number of ether oxygens (including phenoxy) is 5. The first-order valence-electron chi connectivity index (χ1n) is 7.50. The average Bonchev–Trinajstić information content (AvgIpc) is 2.50. The fraction of sp³-hybridized carbons (Fsp3) is 0.714. The molecule has 1 aliphatic rings. The average molecular weight is 373 g/mol. The molecule has 144 valence electrons. The summed E-state index contributed by atoms with van der Waals surface area (Å²) >= 11 is 0. The summed E-state index contributed by atoms with van der Waals surface area (Å²) in [5.41, 5.74) is 8.84. The van der Waals surface area contributed by atoms with Gasteiger partial charge in [0.2, 0.25) is 6.29 Å². The highest BCUT2D eigenvalue weighted by Crippen LogP contribution is 2.29. The third-order valence-electron chi connectivity index (χ3n) is 3.14. The van der Waals surface area contributed by atoms with E-state index in [0.29, 0.717) is 0 Å². The quantitative estimate of drug-likeness (QED) is 0.210. The summed E-state index contributed by atoms with van der Waals surface area (Å²) in [4.78, 5) is 47.9. The molecule has 1 saturated heterocycles. The van der Waals surface area contributed by atoms with Gasteiger partial charge in [-0.2, -0.15) is 0 Å². The number of rotatable bonds is 6. The first-order valence-corrected chi connectivity index (χ1v) is 7.50. The first-order chi connectivity index (χ1) is 12.1. The lowest BCUT2D eigenvalue weighted by Gasteiger charge is -2.42. The Hall–Kier alpha value is -2.85. The second-order valence-electron chi connectivity index (χ2n) is 5.30. The van der Waals surface area contributed by atoms with Crippen molar-refractivity contribution in [3.63, 3.8) is 0 Å². The highest BCUT2D eigenvalue weighted by molar-refractivity contribution is 5.68. The number of nitrogens with zero attached hydrogens (tertiary/aromatic N) is 3. The van der Waals surface area contributed by atoms with Gasteiger partial charge in [-0.05, 0) is 5.53 Å². The van der Waals surface area contributed by atoms with Gasteiger partial charge in [-0.1, -0.05) is 5.11 Å². The maximum atomic E-state index is 11.4. The van der Waals surface area contributed by atoms with E-state index in [1.54, 1.807) is 0 Å². The van der Waals surface area contributed by atoms with E-state index in [1.165, 1.54) is 0 Å². The molecule has 1 aliphatic heterocycles. The van der Waals surface area contributed by atoms with Gasteiger partial charge in [-0.15, -0.1) is 0 Å². The van der Waals surface area contributed by atoms with Crippen molar-refractivity contribution in [2.75, 3.05) is 6.61 Å². The normalized spacial score (nSPS) is 27.5. The van der Waals surface area contributed by atoms with Gasteiger partial charge in [0.25, 0.3) is 0 Å². The van der Waals surface area contributed by atoms with Gasteiger partial charge in [-0.25, -0.2) is 0 Å². The number of carbonyl (C=O) groups excluding carboxylic acids is 4. The standard InChI is InChI=1S/C14H19N3O9/c1-6(18)22-5-10-12(23-7(2)19)11(16-17-15)13(24-8(3)20)14(26-10)25-9(4)21/h10-14H,5H2,1-4H3/t10?,11-,12+,13?,14-/m1/s1. The molecular weight excluding hydrogens is 354 g/mol. The Balaban J connectivity index is 3.27. The monoisotopic (exact) mass is 373 g/mol. The highest BCUT2D eigenvalue weighted by atomic mass is 16.7. The van der Waals surface area contributed by atoms with Crippen LogP contribution in [0.2, 0.25) is 0 Å². The first kappa shape index (κ1) is 21.2. The van der Waals surface area contributed by atoms with Crippen molar-refractivity contribution >= 4 is 23.9 Å². The Bertz CT molecular complexity index is 617. The van der Waals surface area contributed by atoms with Crippen molar-refractivity contribution < 1.29 is 42.9 Å². The van der Waals surface area contributed by atoms with Crippen LogP contribution < -0.4 is 0 Å². The molecule has 26 heavy (non-hydrogen) atoms. The summed E-state index contributed by atoms with van der Waals surface area (Å²) in [6.07, 6.45) is -5.21. The predicted molar refractivity (Wildman–Crippen MR) is 81.1 cm³/mol. The van der Waals surface area contributed by atoms with E-state index in [-0.39, 0.29) is 6.61 Å². The Labute approximate surface area is 148 Å². The number of azide groups is 1. The minimum absolute atomic E-state index is 0.380. The van der Waals surface area contributed by atoms with Crippen LogP contribution in [0, 0.1) is 0 Å². The maximum Gasteiger partial charge on any atom is 0.305 e. The zero-order valence-corrected chi connectivity index (χ0v) is 14.6. The topological polar surface area (TPSA) is 163 Å². The van der Waals surface area contributed by atoms with Crippen molar-refractivity contribution in [3.05, 3.63) is 10.4 Å². The van der Waals surface area contributed by atoms with E-state index in [0.717, 1.165) is 27.7 Å². The molecule has 12 nitrogen and oxygen atoms in total. The van der Waals surface area contributed by atoms with Crippen LogP contribution in [0.1, 0.15) is 27.7 Å². The van der Waals surface area contributed by atoms with E-state index >= 15 is 0 Å². The van der Waals surface area contributed by atoms with Crippen molar-refractivity contribution in [1.29, 1.82) is 0 Å². The maximum absolute atomic E-state index is 11.4. The number of hydrogen-bond donors (Lipinski definition) is 0. The van der Waals surface area contributed by atoms with Crippen LogP contribution in [-0.2, 0) is 42.9 Å². The molecule has 1 rings (SSSR count). The summed E-state index contributed by atoms with van der Waals surface area (Å²) in [5.74, 6) is -2.91. The van der Waals surface area contributed by atoms with Gasteiger partial charge in [0.05, 0.1) is 0 Å². The predicted octanol–water partition coefficient (Wildman–Crippen LogP) is 0.380. The van der Waals surface area contributed by atoms with Gasteiger partial charge in [0, 0.05) is 32.6 Å². The van der Waals surface area contributed by atoms with Crippen LogP contribution in [0.15, 0.2) is 5.11 Å². The Morgan fingerprint density at radius 1 is 0.923 bits per heavy atom. The summed E-state index contributed by atoms with van der Waals surface area (Å²) < 4.78 is 25.5. The summed E-state index contributed by atoms with van der Waals surface area (Å²) in [5, 5.41) is 3.50. The molecule has 0 bridgehead atoms. The lowest BCUT2D eigenvalue weighted by Crippen LogP contribution is -2.61. The van der Waals surface area contributed by atoms with E-state index in [9.17, 15) is 19.2 Å². The molecule has 0 spiro atoms. The van der Waals surface area contributed by atoms with Gasteiger partial charge < -0.3 is 23.7 Å². The zero-order chi connectivity index (χ0) is 19.9. The fourth-order valence-corrected chi connectivity index (χ4v) is 2.33. The van der Waals surface area contributed by atoms with Crippen molar-refractivity contribution in [1.82, 2.24) is 0 Å². The van der Waals surface area contributed by atoms with Gasteiger partial charge in [0.15, 0.2) is 6.10 Å². The second-order valence-corrected chi connectivity index (χ2v) is 5.30. The Kier molecular flexibility index (Phi) is 7.81. The summed E-state index contributed by atoms with van der Waals surface area (Å²) in [6.45, 7) is 4.06. The lowest BCUT2D eigenvalue weighted by molar-refractivity contribution is -0.275. The molecule has 2 unspecified atom stereocenters. The Morgan fingerprint density at radius 2 is 1.46 bits per heavy atom. The molecule has 0 radical (unpaired) electrons. The van der Waals surface area contributed by atoms with Gasteiger partial charge in [-0.3, -0.25) is 19.2 Å². The van der Waals surface area contributed by atoms with E-state index in [4.69, 9.17) is 29.2 Å². The van der Waals surface area contributed by atoms with Crippen LogP contribution in [0.25, 0.3) is 10.4 Å². The largest absolute Gasteiger partial charge is 0.463 e. The summed E-state index contributed by atoms with van der Waals surface area (Å²) in [7, 11) is 0. The highest BCUT2D eigenvalue weighted by Gasteiger charge is 2.51. The van der Waals surface area contributed by atoms with Crippen LogP contribution in [0.3, 0.4) is 0 Å². The van der Waals surface area contributed by atoms with E-state index in [2.05, 4.69) is 10.0 Å². The van der Waals surface area contributed by atoms with Crippen molar-refractivity contribution in [3.8, 4) is 0 Å². The van der Waals surface area contributed by atoms with Crippen LogP contribution in [0.5, 0.6) is 0 Å². The molecule has 0 aromatic carbocycles. The van der Waals surface area contributed by atoms with Crippen molar-refractivity contribution in [2.45, 2.75) is 58.3 Å². The van der Waals surface area contributed by atoms with Crippen molar-refractivity contribution in [2.24, 2.45) is 5.11 Å². The number of carbonyl (C=O) groups is 4. The molecule has 1 fully saturated rings. The van der Waals surface area contributed by atoms with Crippen LogP contribution in [-0.4, -0.2) is 61.1 Å². The smallest absolute Gasteiger partial charge is 0.305 e. The molecule has 12 heteroatoms. The van der Waals surface area contributed by atoms with Crippen LogP contribution >= 0.6 is 0 Å². The molecular formula is C14H19N3O9. The third-order valence-corrected chi connectivity index (χ3v) is 3.14. The lowest BCUT2D eigenvalue weighted by atomic mass is 9.96. The zero-order valence-electron chi connectivity index (χ0n) is 14.6. The molecule has 0 N–H and O–H groups in total. The molecule has 0 saturated carbocycles. The van der Waals surface area contributed by atoms with Gasteiger partial charge >= 0.3 is 23.9 Å². The van der Waals surface area contributed by atoms with E-state index in [1.807, 2.05) is 0 Å².